The van der Waals surface area contributed by atoms with Crippen molar-refractivity contribution in [2.24, 2.45) is 0 Å². The number of fused-ring (bicyclic) bond motifs is 1. The van der Waals surface area contributed by atoms with Crippen LogP contribution in [0, 0.1) is 6.92 Å². The van der Waals surface area contributed by atoms with Gasteiger partial charge in [-0.1, -0.05) is 71.9 Å². The zero-order valence-electron chi connectivity index (χ0n) is 16.9. The molecule has 1 aliphatic heterocycles. The van der Waals surface area contributed by atoms with Crippen LogP contribution in [0.2, 0.25) is 0 Å². The fraction of sp³-hybridized carbons (Fsp3) is 0.174. The zero-order chi connectivity index (χ0) is 21.2. The summed E-state index contributed by atoms with van der Waals surface area (Å²) in [5, 5.41) is 11.9. The van der Waals surface area contributed by atoms with Gasteiger partial charge in [-0.05, 0) is 24.6 Å². The molecule has 5 rings (SSSR count). The number of rotatable bonds is 5. The van der Waals surface area contributed by atoms with E-state index < -0.39 is 5.25 Å². The molecule has 0 radical (unpaired) electrons. The largest absolute Gasteiger partial charge is 0.467 e. The molecule has 8 heteroatoms. The molecule has 2 aromatic carbocycles. The first kappa shape index (κ1) is 19.4. The first-order valence-corrected chi connectivity index (χ1v) is 10.9. The monoisotopic (exact) mass is 431 g/mol. The molecule has 0 spiro atoms. The van der Waals surface area contributed by atoms with Crippen molar-refractivity contribution in [3.8, 4) is 11.4 Å². The van der Waals surface area contributed by atoms with Gasteiger partial charge in [0, 0.05) is 5.56 Å². The lowest BCUT2D eigenvalue weighted by Gasteiger charge is -2.33. The van der Waals surface area contributed by atoms with Crippen LogP contribution in [0.5, 0.6) is 0 Å². The number of nitrogens with zero attached hydrogens (tertiary/aromatic N) is 3. The number of carbonyl (C=O) groups is 1. The Balaban J connectivity index is 1.47. The van der Waals surface area contributed by atoms with Gasteiger partial charge < -0.3 is 15.2 Å². The van der Waals surface area contributed by atoms with Gasteiger partial charge in [-0.15, -0.1) is 10.2 Å². The van der Waals surface area contributed by atoms with Crippen molar-refractivity contribution in [2.75, 3.05) is 5.43 Å². The summed E-state index contributed by atoms with van der Waals surface area (Å²) >= 11 is 1.41. The summed E-state index contributed by atoms with van der Waals surface area (Å²) in [7, 11) is 0. The number of aromatic nitrogens is 3. The Morgan fingerprint density at radius 2 is 1.90 bits per heavy atom. The van der Waals surface area contributed by atoms with Gasteiger partial charge in [-0.25, -0.2) is 4.68 Å². The van der Waals surface area contributed by atoms with Crippen molar-refractivity contribution in [2.45, 2.75) is 29.9 Å². The van der Waals surface area contributed by atoms with Gasteiger partial charge in [0.15, 0.2) is 5.82 Å². The van der Waals surface area contributed by atoms with E-state index in [2.05, 4.69) is 45.2 Å². The van der Waals surface area contributed by atoms with E-state index in [1.165, 1.54) is 17.3 Å². The zero-order valence-corrected chi connectivity index (χ0v) is 17.7. The number of hydrogen-bond acceptors (Lipinski definition) is 6. The van der Waals surface area contributed by atoms with Crippen LogP contribution in [-0.4, -0.2) is 26.0 Å². The lowest BCUT2D eigenvalue weighted by Crippen LogP contribution is -2.43. The van der Waals surface area contributed by atoms with Crippen LogP contribution < -0.4 is 10.7 Å². The molecule has 0 saturated heterocycles. The lowest BCUT2D eigenvalue weighted by molar-refractivity contribution is -0.121. The van der Waals surface area contributed by atoms with Crippen molar-refractivity contribution in [3.63, 3.8) is 0 Å². The van der Waals surface area contributed by atoms with Crippen LogP contribution in [0.4, 0.5) is 0 Å². The minimum Gasteiger partial charge on any atom is -0.467 e. The van der Waals surface area contributed by atoms with Gasteiger partial charge in [0.25, 0.3) is 0 Å². The van der Waals surface area contributed by atoms with Crippen LogP contribution >= 0.6 is 11.8 Å². The minimum absolute atomic E-state index is 0.0880. The topological polar surface area (TPSA) is 85.0 Å². The molecule has 2 N–H and O–H groups in total. The number of thioether (sulfide) groups is 1. The average molecular weight is 432 g/mol. The molecule has 0 unspecified atom stereocenters. The third-order valence-electron chi connectivity index (χ3n) is 5.18. The first-order chi connectivity index (χ1) is 15.2. The highest BCUT2D eigenvalue weighted by Gasteiger charge is 2.38. The van der Waals surface area contributed by atoms with Crippen molar-refractivity contribution in [1.29, 1.82) is 0 Å². The molecule has 3 heterocycles. The van der Waals surface area contributed by atoms with Gasteiger partial charge in [-0.3, -0.25) is 4.79 Å². The van der Waals surface area contributed by atoms with Crippen LogP contribution in [0.15, 0.2) is 82.6 Å². The molecule has 0 aliphatic carbocycles. The molecule has 1 aliphatic rings. The quantitative estimate of drug-likeness (QED) is 0.498. The number of furan rings is 1. The molecule has 156 valence electrons. The van der Waals surface area contributed by atoms with Gasteiger partial charge in [0.1, 0.15) is 11.0 Å². The summed E-state index contributed by atoms with van der Waals surface area (Å²) in [6, 6.07) is 21.5. The van der Waals surface area contributed by atoms with Gasteiger partial charge in [-0.2, -0.15) is 0 Å². The fourth-order valence-electron chi connectivity index (χ4n) is 3.54. The Hall–Kier alpha value is -3.52. The van der Waals surface area contributed by atoms with Crippen LogP contribution in [-0.2, 0) is 11.3 Å². The first-order valence-electron chi connectivity index (χ1n) is 10.00. The van der Waals surface area contributed by atoms with Crippen LogP contribution in [0.25, 0.3) is 11.4 Å². The van der Waals surface area contributed by atoms with Crippen molar-refractivity contribution >= 4 is 17.7 Å². The number of carbonyl (C=O) groups excluding carboxylic acids is 1. The van der Waals surface area contributed by atoms with E-state index in [0.717, 1.165) is 17.0 Å². The van der Waals surface area contributed by atoms with Gasteiger partial charge >= 0.3 is 0 Å². The maximum absolute atomic E-state index is 13.2. The highest BCUT2D eigenvalue weighted by atomic mass is 32.2. The predicted molar refractivity (Wildman–Crippen MR) is 119 cm³/mol. The summed E-state index contributed by atoms with van der Waals surface area (Å²) in [4.78, 5) is 13.2. The second kappa shape index (κ2) is 8.31. The Kier molecular flexibility index (Phi) is 5.21. The molecule has 4 aromatic rings. The second-order valence-corrected chi connectivity index (χ2v) is 8.47. The Bertz CT molecular complexity index is 1170. The third-order valence-corrected chi connectivity index (χ3v) is 6.40. The Morgan fingerprint density at radius 1 is 1.10 bits per heavy atom. The molecule has 0 bridgehead atoms. The summed E-state index contributed by atoms with van der Waals surface area (Å²) in [6.07, 6.45) is 1.60. The Labute approximate surface area is 183 Å². The SMILES string of the molecule is Cc1ccc([C@@H]2Nn3c(nnc3-c3ccccc3)S[C@H]2C(=O)NCc2ccco2)cc1. The predicted octanol–water partition coefficient (Wildman–Crippen LogP) is 3.92. The molecule has 0 fully saturated rings. The van der Waals surface area contributed by atoms with Crippen molar-refractivity contribution < 1.29 is 9.21 Å². The number of nitrogens with one attached hydrogen (secondary N) is 2. The fourth-order valence-corrected chi connectivity index (χ4v) is 4.65. The van der Waals surface area contributed by atoms with Crippen LogP contribution in [0.1, 0.15) is 22.9 Å². The maximum Gasteiger partial charge on any atom is 0.236 e. The maximum atomic E-state index is 13.2. The number of amides is 1. The molecule has 31 heavy (non-hydrogen) atoms. The van der Waals surface area contributed by atoms with E-state index in [-0.39, 0.29) is 11.9 Å². The third kappa shape index (κ3) is 3.94. The second-order valence-electron chi connectivity index (χ2n) is 7.36. The van der Waals surface area contributed by atoms with E-state index in [4.69, 9.17) is 4.42 Å². The summed E-state index contributed by atoms with van der Waals surface area (Å²) < 4.78 is 7.22. The van der Waals surface area contributed by atoms with Crippen molar-refractivity contribution in [1.82, 2.24) is 20.2 Å². The van der Waals surface area contributed by atoms with Crippen molar-refractivity contribution in [3.05, 3.63) is 89.9 Å². The van der Waals surface area contributed by atoms with E-state index in [9.17, 15) is 4.79 Å². The number of benzene rings is 2. The number of hydrogen-bond donors (Lipinski definition) is 2. The smallest absolute Gasteiger partial charge is 0.236 e. The van der Waals surface area contributed by atoms with Gasteiger partial charge in [0.05, 0.1) is 18.8 Å². The highest BCUT2D eigenvalue weighted by Crippen LogP contribution is 2.38. The van der Waals surface area contributed by atoms with E-state index in [1.807, 2.05) is 48.0 Å². The lowest BCUT2D eigenvalue weighted by atomic mass is 10.0. The molecule has 7 nitrogen and oxygen atoms in total. The number of aryl methyl sites for hydroxylation is 1. The standard InChI is InChI=1S/C23H21N5O2S/c1-15-9-11-16(12-10-15)19-20(22(29)24-14-18-8-5-13-30-18)31-23-26-25-21(28(23)27-19)17-6-3-2-4-7-17/h2-13,19-20,27H,14H2,1H3,(H,24,29)/t19-,20+/m0/s1. The average Bonchev–Trinajstić information content (AvgIpc) is 3.47. The normalized spacial score (nSPS) is 17.6. The Morgan fingerprint density at radius 3 is 2.65 bits per heavy atom. The van der Waals surface area contributed by atoms with E-state index in [0.29, 0.717) is 17.5 Å². The molecule has 2 aromatic heterocycles. The molecule has 2 atom stereocenters. The van der Waals surface area contributed by atoms with E-state index in [1.54, 1.807) is 12.3 Å². The van der Waals surface area contributed by atoms with Gasteiger partial charge in [0.2, 0.25) is 11.1 Å². The summed E-state index contributed by atoms with van der Waals surface area (Å²) in [6.45, 7) is 2.39. The molecular weight excluding hydrogens is 410 g/mol. The minimum atomic E-state index is -0.419. The molecule has 0 saturated carbocycles. The molecular formula is C23H21N5O2S. The van der Waals surface area contributed by atoms with Crippen LogP contribution in [0.3, 0.4) is 0 Å². The van der Waals surface area contributed by atoms with E-state index >= 15 is 0 Å². The summed E-state index contributed by atoms with van der Waals surface area (Å²) in [5.41, 5.74) is 6.64. The summed E-state index contributed by atoms with van der Waals surface area (Å²) in [5.74, 6) is 1.34. The highest BCUT2D eigenvalue weighted by molar-refractivity contribution is 8.00. The molecule has 1 amide bonds.